The lowest BCUT2D eigenvalue weighted by molar-refractivity contribution is -0.134. The molecule has 3 amide bonds. The number of rotatable bonds is 6. The first-order chi connectivity index (χ1) is 15.8. The lowest BCUT2D eigenvalue weighted by Gasteiger charge is -2.42. The number of primary amides is 1. The highest BCUT2D eigenvalue weighted by atomic mass is 19.1. The first-order valence-corrected chi connectivity index (χ1v) is 12.0. The summed E-state index contributed by atoms with van der Waals surface area (Å²) in [6.07, 6.45) is -0.168. The standard InChI is InChI=1S/C22H35FN4O6/c23-17-10-14(2-4-18(17)26-5-7-32-8-6-26)27-12-15(33-22(27)31)11-25-21(30)13-1-3-16(20(24)29)19(28)9-13/h13-19,28H,1-12H2,(H2,24,29)(H,25,30)/t13?,14?,15-,16?,17?,18?,19?/m0/s1. The Balaban J connectivity index is 1.22. The van der Waals surface area contributed by atoms with Crippen molar-refractivity contribution >= 4 is 17.9 Å². The van der Waals surface area contributed by atoms with Crippen molar-refractivity contribution < 1.29 is 33.4 Å². The molecule has 2 aliphatic heterocycles. The van der Waals surface area contributed by atoms with Crippen LogP contribution in [0.15, 0.2) is 0 Å². The Kier molecular flexibility index (Phi) is 7.70. The van der Waals surface area contributed by atoms with Crippen molar-refractivity contribution in [1.82, 2.24) is 15.1 Å². The van der Waals surface area contributed by atoms with Crippen molar-refractivity contribution in [3.63, 3.8) is 0 Å². The molecular formula is C22H35FN4O6. The van der Waals surface area contributed by atoms with Gasteiger partial charge in [0, 0.05) is 37.5 Å². The van der Waals surface area contributed by atoms with E-state index in [-0.39, 0.29) is 37.4 Å². The maximum atomic E-state index is 15.0. The molecule has 0 bridgehead atoms. The summed E-state index contributed by atoms with van der Waals surface area (Å²) in [5.74, 6) is -1.81. The Morgan fingerprint density at radius 3 is 2.58 bits per heavy atom. The van der Waals surface area contributed by atoms with E-state index in [1.807, 2.05) is 0 Å². The van der Waals surface area contributed by atoms with E-state index in [4.69, 9.17) is 15.2 Å². The highest BCUT2D eigenvalue weighted by Gasteiger charge is 2.43. The number of alkyl halides is 1. The molecule has 0 aromatic carbocycles. The van der Waals surface area contributed by atoms with Gasteiger partial charge in [0.2, 0.25) is 11.8 Å². The third-order valence-corrected chi connectivity index (χ3v) is 7.63. The number of carbonyl (C=O) groups is 3. The third kappa shape index (κ3) is 5.58. The van der Waals surface area contributed by atoms with E-state index in [9.17, 15) is 23.9 Å². The zero-order chi connectivity index (χ0) is 23.5. The summed E-state index contributed by atoms with van der Waals surface area (Å²) >= 11 is 0. The van der Waals surface area contributed by atoms with Gasteiger partial charge in [-0.1, -0.05) is 0 Å². The largest absolute Gasteiger partial charge is 0.442 e. The fourth-order valence-electron chi connectivity index (χ4n) is 5.70. The summed E-state index contributed by atoms with van der Waals surface area (Å²) in [6.45, 7) is 3.22. The second-order valence-electron chi connectivity index (χ2n) is 9.69. The fourth-order valence-corrected chi connectivity index (χ4v) is 5.70. The molecular weight excluding hydrogens is 435 g/mol. The van der Waals surface area contributed by atoms with Crippen LogP contribution in [-0.4, -0.2) is 103 Å². The van der Waals surface area contributed by atoms with Crippen LogP contribution in [0.2, 0.25) is 0 Å². The summed E-state index contributed by atoms with van der Waals surface area (Å²) in [7, 11) is 0. The van der Waals surface area contributed by atoms with Crippen molar-refractivity contribution in [2.75, 3.05) is 39.4 Å². The second kappa shape index (κ2) is 10.5. The maximum absolute atomic E-state index is 15.0. The van der Waals surface area contributed by atoms with Crippen molar-refractivity contribution in [1.29, 1.82) is 0 Å². The molecule has 4 aliphatic rings. The Labute approximate surface area is 192 Å². The van der Waals surface area contributed by atoms with Gasteiger partial charge in [0.1, 0.15) is 12.3 Å². The Morgan fingerprint density at radius 1 is 1.15 bits per heavy atom. The van der Waals surface area contributed by atoms with Crippen LogP contribution in [0.3, 0.4) is 0 Å². The molecule has 0 aromatic heterocycles. The number of halogens is 1. The molecule has 33 heavy (non-hydrogen) atoms. The highest BCUT2D eigenvalue weighted by molar-refractivity contribution is 5.81. The molecule has 0 radical (unpaired) electrons. The molecule has 2 aliphatic carbocycles. The van der Waals surface area contributed by atoms with E-state index < -0.39 is 42.2 Å². The van der Waals surface area contributed by atoms with Crippen LogP contribution >= 0.6 is 0 Å². The maximum Gasteiger partial charge on any atom is 0.410 e. The number of nitrogens with zero attached hydrogens (tertiary/aromatic N) is 2. The molecule has 7 atom stereocenters. The predicted molar refractivity (Wildman–Crippen MR) is 115 cm³/mol. The monoisotopic (exact) mass is 470 g/mol. The number of ether oxygens (including phenoxy) is 2. The summed E-state index contributed by atoms with van der Waals surface area (Å²) in [5.41, 5.74) is 5.28. The van der Waals surface area contributed by atoms with E-state index in [0.717, 1.165) is 19.5 Å². The van der Waals surface area contributed by atoms with Crippen molar-refractivity contribution in [3.05, 3.63) is 0 Å². The van der Waals surface area contributed by atoms with Crippen LogP contribution in [0.25, 0.3) is 0 Å². The van der Waals surface area contributed by atoms with Gasteiger partial charge >= 0.3 is 6.09 Å². The first-order valence-electron chi connectivity index (χ1n) is 12.0. The zero-order valence-corrected chi connectivity index (χ0v) is 18.9. The Bertz CT molecular complexity index is 736. The number of carbonyl (C=O) groups excluding carboxylic acids is 3. The minimum Gasteiger partial charge on any atom is -0.442 e. The van der Waals surface area contributed by atoms with Gasteiger partial charge in [-0.15, -0.1) is 0 Å². The van der Waals surface area contributed by atoms with Gasteiger partial charge in [-0.3, -0.25) is 14.5 Å². The SMILES string of the molecule is NC(=O)C1CCC(C(=O)NC[C@H]2CN(C3CCC(N4CCOCC4)C(F)C3)C(=O)O2)CC1O. The highest BCUT2D eigenvalue weighted by Crippen LogP contribution is 2.32. The fraction of sp³-hybridized carbons (Fsp3) is 0.864. The molecule has 0 aromatic rings. The number of hydrogen-bond acceptors (Lipinski definition) is 7. The van der Waals surface area contributed by atoms with Gasteiger partial charge in [-0.05, 0) is 32.1 Å². The second-order valence-corrected chi connectivity index (χ2v) is 9.69. The summed E-state index contributed by atoms with van der Waals surface area (Å²) in [4.78, 5) is 40.0. The van der Waals surface area contributed by atoms with Gasteiger partial charge in [0.15, 0.2) is 0 Å². The van der Waals surface area contributed by atoms with Crippen LogP contribution in [0, 0.1) is 11.8 Å². The topological polar surface area (TPSA) is 134 Å². The molecule has 11 heteroatoms. The number of nitrogens with one attached hydrogen (secondary N) is 1. The normalized spacial score (nSPS) is 38.1. The molecule has 186 valence electrons. The summed E-state index contributed by atoms with van der Waals surface area (Å²) < 4.78 is 25.7. The first kappa shape index (κ1) is 24.2. The van der Waals surface area contributed by atoms with Gasteiger partial charge in [-0.2, -0.15) is 0 Å². The van der Waals surface area contributed by atoms with E-state index in [2.05, 4.69) is 10.2 Å². The molecule has 2 saturated carbocycles. The Morgan fingerprint density at radius 2 is 1.91 bits per heavy atom. The summed E-state index contributed by atoms with van der Waals surface area (Å²) in [6, 6.07) is -0.330. The number of nitrogens with two attached hydrogens (primary N) is 1. The van der Waals surface area contributed by atoms with E-state index >= 15 is 0 Å². The molecule has 0 spiro atoms. The molecule has 6 unspecified atom stereocenters. The quantitative estimate of drug-likeness (QED) is 0.488. The minimum atomic E-state index is -1.00. The van der Waals surface area contributed by atoms with Crippen LogP contribution in [0.5, 0.6) is 0 Å². The van der Waals surface area contributed by atoms with E-state index in [0.29, 0.717) is 39.0 Å². The number of morpholine rings is 1. The average Bonchev–Trinajstić information content (AvgIpc) is 3.18. The van der Waals surface area contributed by atoms with Gasteiger partial charge < -0.3 is 30.5 Å². The Hall–Kier alpha value is -1.98. The van der Waals surface area contributed by atoms with Gasteiger partial charge in [0.05, 0.1) is 38.3 Å². The summed E-state index contributed by atoms with van der Waals surface area (Å²) in [5, 5.41) is 12.9. The molecule has 4 fully saturated rings. The lowest BCUT2D eigenvalue weighted by atomic mass is 9.79. The van der Waals surface area contributed by atoms with E-state index in [1.165, 1.54) is 0 Å². The van der Waals surface area contributed by atoms with Crippen LogP contribution < -0.4 is 11.1 Å². The van der Waals surface area contributed by atoms with E-state index in [1.54, 1.807) is 4.90 Å². The molecule has 4 rings (SSSR count). The predicted octanol–water partition coefficient (Wildman–Crippen LogP) is -0.223. The smallest absolute Gasteiger partial charge is 0.410 e. The van der Waals surface area contributed by atoms with Crippen molar-refractivity contribution in [2.45, 2.75) is 69.0 Å². The van der Waals surface area contributed by atoms with Gasteiger partial charge in [-0.25, -0.2) is 9.18 Å². The number of cyclic esters (lactones) is 1. The molecule has 4 N–H and O–H groups in total. The molecule has 2 saturated heterocycles. The minimum absolute atomic E-state index is 0.126. The molecule has 10 nitrogen and oxygen atoms in total. The van der Waals surface area contributed by atoms with Gasteiger partial charge in [0.25, 0.3) is 0 Å². The van der Waals surface area contributed by atoms with Crippen LogP contribution in [0.1, 0.15) is 38.5 Å². The number of aliphatic hydroxyl groups is 1. The number of aliphatic hydroxyl groups excluding tert-OH is 1. The average molecular weight is 471 g/mol. The third-order valence-electron chi connectivity index (χ3n) is 7.63. The lowest BCUT2D eigenvalue weighted by Crippen LogP contribution is -2.53. The molecule has 2 heterocycles. The van der Waals surface area contributed by atoms with Crippen molar-refractivity contribution in [3.8, 4) is 0 Å². The zero-order valence-electron chi connectivity index (χ0n) is 18.9. The number of amides is 3. The van der Waals surface area contributed by atoms with Crippen LogP contribution in [0.4, 0.5) is 9.18 Å². The number of hydrogen-bond donors (Lipinski definition) is 3. The van der Waals surface area contributed by atoms with Crippen LogP contribution in [-0.2, 0) is 19.1 Å². The van der Waals surface area contributed by atoms with Crippen molar-refractivity contribution in [2.24, 2.45) is 17.6 Å².